The van der Waals surface area contributed by atoms with Crippen molar-refractivity contribution < 1.29 is 0 Å². The monoisotopic (exact) mass is 672 g/mol. The molecule has 0 fully saturated rings. The Morgan fingerprint density at radius 1 is 0.588 bits per heavy atom. The number of anilines is 2. The molecule has 4 nitrogen and oxygen atoms in total. The van der Waals surface area contributed by atoms with Gasteiger partial charge in [0, 0.05) is 43.7 Å². The summed E-state index contributed by atoms with van der Waals surface area (Å²) in [5.74, 6) is 1.07. The number of benzene rings is 7. The zero-order valence-corrected chi connectivity index (χ0v) is 28.8. The number of aryl methyl sites for hydroxylation is 1. The lowest BCUT2D eigenvalue weighted by Crippen LogP contribution is -2.25. The lowest BCUT2D eigenvalue weighted by atomic mass is 9.70. The third-order valence-electron chi connectivity index (χ3n) is 11.2. The molecule has 9 aromatic rings. The highest BCUT2D eigenvalue weighted by molar-refractivity contribution is 7.26. The molecule has 0 amide bonds. The van der Waals surface area contributed by atoms with Crippen LogP contribution in [0.25, 0.3) is 70.3 Å². The Hall–Kier alpha value is -6.17. The largest absolute Gasteiger partial charge is 0.399 e. The van der Waals surface area contributed by atoms with Gasteiger partial charge in [0.15, 0.2) is 0 Å². The zero-order chi connectivity index (χ0) is 34.0. The molecule has 242 valence electrons. The average molecular weight is 673 g/mol. The summed E-state index contributed by atoms with van der Waals surface area (Å²) in [5.41, 5.74) is 29.8. The van der Waals surface area contributed by atoms with Crippen molar-refractivity contribution in [3.63, 3.8) is 0 Å². The summed E-state index contributed by atoms with van der Waals surface area (Å²) >= 11 is 1.82. The number of thiophene rings is 1. The van der Waals surface area contributed by atoms with E-state index in [-0.39, 0.29) is 0 Å². The van der Waals surface area contributed by atoms with Gasteiger partial charge >= 0.3 is 0 Å². The molecule has 11 rings (SSSR count). The number of hydrogen-bond donors (Lipinski definition) is 2. The Morgan fingerprint density at radius 3 is 2.12 bits per heavy atom. The highest BCUT2D eigenvalue weighted by Crippen LogP contribution is 2.65. The van der Waals surface area contributed by atoms with E-state index in [0.29, 0.717) is 0 Å². The summed E-state index contributed by atoms with van der Waals surface area (Å²) in [4.78, 5) is 5.01. The van der Waals surface area contributed by atoms with Crippen LogP contribution >= 0.6 is 11.3 Å². The van der Waals surface area contributed by atoms with E-state index in [1.54, 1.807) is 0 Å². The Labute approximate surface area is 299 Å². The van der Waals surface area contributed by atoms with Crippen molar-refractivity contribution in [1.29, 1.82) is 0 Å². The van der Waals surface area contributed by atoms with Crippen LogP contribution in [0.4, 0.5) is 11.4 Å². The van der Waals surface area contributed by atoms with Crippen LogP contribution in [0.5, 0.6) is 0 Å². The first-order valence-electron chi connectivity index (χ1n) is 17.5. The lowest BCUT2D eigenvalue weighted by Gasteiger charge is -2.30. The van der Waals surface area contributed by atoms with E-state index in [2.05, 4.69) is 139 Å². The second-order valence-corrected chi connectivity index (χ2v) is 14.9. The first kappa shape index (κ1) is 28.6. The minimum absolute atomic E-state index is 0.460. The molecule has 51 heavy (non-hydrogen) atoms. The van der Waals surface area contributed by atoms with Gasteiger partial charge in [0.25, 0.3) is 0 Å². The Morgan fingerprint density at radius 2 is 1.29 bits per heavy atom. The first-order chi connectivity index (χ1) is 25.1. The zero-order valence-electron chi connectivity index (χ0n) is 27.9. The van der Waals surface area contributed by atoms with Gasteiger partial charge in [-0.05, 0) is 110 Å². The number of aromatic nitrogens is 2. The van der Waals surface area contributed by atoms with Crippen LogP contribution in [0.1, 0.15) is 35.0 Å². The minimum atomic E-state index is -0.460. The van der Waals surface area contributed by atoms with Gasteiger partial charge in [0.1, 0.15) is 5.82 Å². The van der Waals surface area contributed by atoms with Crippen molar-refractivity contribution in [2.45, 2.75) is 18.8 Å². The van der Waals surface area contributed by atoms with Crippen LogP contribution in [0.2, 0.25) is 0 Å². The van der Waals surface area contributed by atoms with Gasteiger partial charge in [0.05, 0.1) is 16.4 Å². The van der Waals surface area contributed by atoms with Crippen molar-refractivity contribution >= 4 is 53.9 Å². The van der Waals surface area contributed by atoms with Crippen molar-refractivity contribution in [2.24, 2.45) is 0 Å². The second-order valence-electron chi connectivity index (χ2n) is 13.8. The summed E-state index contributed by atoms with van der Waals surface area (Å²) in [7, 11) is 0. The molecule has 7 aromatic carbocycles. The maximum atomic E-state index is 6.58. The molecule has 0 saturated heterocycles. The van der Waals surface area contributed by atoms with Gasteiger partial charge in [-0.1, -0.05) is 91.9 Å². The van der Waals surface area contributed by atoms with E-state index >= 15 is 0 Å². The predicted molar refractivity (Wildman–Crippen MR) is 214 cm³/mol. The van der Waals surface area contributed by atoms with E-state index in [1.165, 1.54) is 64.7 Å². The first-order valence-corrected chi connectivity index (χ1v) is 18.3. The van der Waals surface area contributed by atoms with Gasteiger partial charge < -0.3 is 11.5 Å². The van der Waals surface area contributed by atoms with Gasteiger partial charge in [-0.3, -0.25) is 4.57 Å². The van der Waals surface area contributed by atoms with Gasteiger partial charge in [0.2, 0.25) is 0 Å². The molecular formula is C46H32N4S. The van der Waals surface area contributed by atoms with Gasteiger partial charge in [-0.2, -0.15) is 0 Å². The number of nitrogens with two attached hydrogens (primary N) is 2. The lowest BCUT2D eigenvalue weighted by molar-refractivity contribution is 0.793. The third kappa shape index (κ3) is 3.66. The van der Waals surface area contributed by atoms with Crippen molar-refractivity contribution in [2.75, 3.05) is 11.5 Å². The number of rotatable bonds is 3. The van der Waals surface area contributed by atoms with Crippen LogP contribution in [0.3, 0.4) is 0 Å². The summed E-state index contributed by atoms with van der Waals surface area (Å²) in [5, 5.41) is 2.54. The molecule has 2 aliphatic rings. The molecular weight excluding hydrogens is 641 g/mol. The fourth-order valence-electron chi connectivity index (χ4n) is 9.26. The minimum Gasteiger partial charge on any atom is -0.399 e. The number of nitrogens with zero attached hydrogens (tertiary/aromatic N) is 2. The normalized spacial score (nSPS) is 15.5. The summed E-state index contributed by atoms with van der Waals surface area (Å²) in [6.45, 7) is 2.18. The number of fused-ring (bicyclic) bond motifs is 15. The summed E-state index contributed by atoms with van der Waals surface area (Å²) < 4.78 is 4.80. The highest BCUT2D eigenvalue weighted by atomic mass is 32.1. The predicted octanol–water partition coefficient (Wildman–Crippen LogP) is 11.1. The highest BCUT2D eigenvalue weighted by Gasteiger charge is 2.52. The molecule has 0 saturated carbocycles. The molecule has 0 bridgehead atoms. The molecule has 4 N–H and O–H groups in total. The third-order valence-corrected chi connectivity index (χ3v) is 12.3. The Kier molecular flexibility index (Phi) is 5.72. The molecule has 0 aliphatic heterocycles. The summed E-state index contributed by atoms with van der Waals surface area (Å²) in [6.07, 6.45) is 0.849. The Balaban J connectivity index is 1.25. The molecule has 2 aromatic heterocycles. The molecule has 0 radical (unpaired) electrons. The quantitative estimate of drug-likeness (QED) is 0.184. The second kappa shape index (κ2) is 10.2. The summed E-state index contributed by atoms with van der Waals surface area (Å²) in [6, 6.07) is 50.8. The smallest absolute Gasteiger partial charge is 0.114 e. The van der Waals surface area contributed by atoms with Gasteiger partial charge in [-0.15, -0.1) is 11.3 Å². The number of nitrogen functional groups attached to an aromatic ring is 2. The fourth-order valence-corrected chi connectivity index (χ4v) is 10.4. The van der Waals surface area contributed by atoms with E-state index < -0.39 is 5.41 Å². The molecule has 2 heterocycles. The van der Waals surface area contributed by atoms with E-state index in [9.17, 15) is 0 Å². The fraction of sp³-hybridized carbons (Fsp3) is 0.0652. The van der Waals surface area contributed by atoms with Crippen LogP contribution < -0.4 is 11.5 Å². The van der Waals surface area contributed by atoms with Gasteiger partial charge in [-0.25, -0.2) is 4.98 Å². The van der Waals surface area contributed by atoms with Crippen LogP contribution in [-0.4, -0.2) is 9.55 Å². The van der Waals surface area contributed by atoms with Crippen molar-refractivity contribution in [3.8, 4) is 39.1 Å². The Bertz CT molecular complexity index is 2930. The topological polar surface area (TPSA) is 69.9 Å². The SMILES string of the molecule is CCc1nc2ccccc2n1-c1ccc2c(c1)-c1ccccc1C21c2ccccc2-c2c1ccc1sc3cc(N)cc(-c4ccc(N)cc4)c3c21. The van der Waals surface area contributed by atoms with Crippen LogP contribution in [-0.2, 0) is 11.8 Å². The van der Waals surface area contributed by atoms with E-state index in [0.717, 1.165) is 51.5 Å². The number of imidazole rings is 1. The van der Waals surface area contributed by atoms with E-state index in [1.807, 2.05) is 23.5 Å². The molecule has 1 unspecified atom stereocenters. The van der Waals surface area contributed by atoms with Crippen molar-refractivity contribution in [3.05, 3.63) is 168 Å². The van der Waals surface area contributed by atoms with E-state index in [4.69, 9.17) is 16.5 Å². The molecule has 1 spiro atoms. The molecule has 2 aliphatic carbocycles. The molecule has 5 heteroatoms. The van der Waals surface area contributed by atoms with Crippen LogP contribution in [0.15, 0.2) is 140 Å². The van der Waals surface area contributed by atoms with Crippen molar-refractivity contribution in [1.82, 2.24) is 9.55 Å². The maximum absolute atomic E-state index is 6.58. The maximum Gasteiger partial charge on any atom is 0.114 e. The standard InChI is InChI=1S/C46H32N4S/c1-2-42-49-38-13-7-8-14-39(38)50(42)29-19-20-36-33(25-29)30-9-3-5-11-34(30)46(36)35-12-6-4-10-31(35)43-37(46)21-22-40-45(43)44-32(23-28(48)24-41(44)51-40)26-15-17-27(47)18-16-26/h3-25H,2,47-48H2,1H3. The molecule has 1 atom stereocenters. The average Bonchev–Trinajstić information content (AvgIpc) is 3.89. The number of para-hydroxylation sites is 2. The number of hydrogen-bond acceptors (Lipinski definition) is 4. The van der Waals surface area contributed by atoms with Crippen LogP contribution in [0, 0.1) is 0 Å².